The van der Waals surface area contributed by atoms with Crippen LogP contribution in [-0.2, 0) is 4.74 Å². The van der Waals surface area contributed by atoms with Gasteiger partial charge in [-0.2, -0.15) is 0 Å². The number of benzene rings is 3. The molecule has 1 amide bonds. The lowest BCUT2D eigenvalue weighted by Crippen LogP contribution is -2.44. The number of rotatable bonds is 5. The molecule has 5 rings (SSSR count). The van der Waals surface area contributed by atoms with Gasteiger partial charge in [-0.25, -0.2) is 14.8 Å². The highest BCUT2D eigenvalue weighted by Crippen LogP contribution is 2.35. The lowest BCUT2D eigenvalue weighted by Gasteiger charge is -2.34. The van der Waals surface area contributed by atoms with E-state index in [4.69, 9.17) is 27.9 Å². The van der Waals surface area contributed by atoms with Crippen LogP contribution in [0.5, 0.6) is 0 Å². The molecule has 39 heavy (non-hydrogen) atoms. The number of carbonyl (C=O) groups excluding carboxylic acids is 1. The van der Waals surface area contributed by atoms with Gasteiger partial charge in [0, 0.05) is 40.5 Å². The van der Waals surface area contributed by atoms with Crippen molar-refractivity contribution in [2.45, 2.75) is 51.2 Å². The molecule has 1 aromatic heterocycles. The van der Waals surface area contributed by atoms with Gasteiger partial charge in [0.2, 0.25) is 0 Å². The van der Waals surface area contributed by atoms with Gasteiger partial charge in [0.25, 0.3) is 0 Å². The van der Waals surface area contributed by atoms with Gasteiger partial charge in [0.05, 0.1) is 5.52 Å². The maximum atomic E-state index is 12.5. The Morgan fingerprint density at radius 3 is 2.03 bits per heavy atom. The van der Waals surface area contributed by atoms with E-state index in [1.54, 1.807) is 11.2 Å². The van der Waals surface area contributed by atoms with Crippen molar-refractivity contribution in [3.63, 3.8) is 0 Å². The van der Waals surface area contributed by atoms with Crippen molar-refractivity contribution >= 4 is 46.0 Å². The quantitative estimate of drug-likeness (QED) is 0.250. The summed E-state index contributed by atoms with van der Waals surface area (Å²) in [5.41, 5.74) is 3.74. The molecule has 0 saturated carbocycles. The Bertz CT molecular complexity index is 1400. The molecule has 1 aliphatic rings. The first-order valence-electron chi connectivity index (χ1n) is 13.2. The topological polar surface area (TPSA) is 67.3 Å². The van der Waals surface area contributed by atoms with Gasteiger partial charge in [-0.1, -0.05) is 53.5 Å². The van der Waals surface area contributed by atoms with E-state index in [0.717, 1.165) is 46.3 Å². The number of anilines is 1. The molecule has 4 aromatic rings. The standard InChI is InChI=1S/C31H32Cl2N4O2/c1-31(2,3)39-30(38)37-16-14-25(15-17-37)36-29-26-18-22(8-13-27(26)34-19-35-29)28(20-4-9-23(32)10-5-20)21-6-11-24(33)12-7-21/h4-13,18-19,25,28H,14-17H2,1-3H3,(H,34,35,36). The number of fused-ring (bicyclic) bond motifs is 1. The van der Waals surface area contributed by atoms with Crippen LogP contribution in [0, 0.1) is 0 Å². The van der Waals surface area contributed by atoms with Gasteiger partial charge in [0.1, 0.15) is 17.7 Å². The van der Waals surface area contributed by atoms with E-state index in [1.807, 2.05) is 51.1 Å². The zero-order valence-electron chi connectivity index (χ0n) is 22.3. The number of hydrogen-bond acceptors (Lipinski definition) is 5. The Balaban J connectivity index is 1.41. The van der Waals surface area contributed by atoms with Gasteiger partial charge in [0.15, 0.2) is 0 Å². The lowest BCUT2D eigenvalue weighted by molar-refractivity contribution is 0.0210. The second-order valence-corrected chi connectivity index (χ2v) is 11.8. The smallest absolute Gasteiger partial charge is 0.410 e. The van der Waals surface area contributed by atoms with E-state index in [-0.39, 0.29) is 18.1 Å². The SMILES string of the molecule is CC(C)(C)OC(=O)N1CCC(Nc2ncnc3ccc(C(c4ccc(Cl)cc4)c4ccc(Cl)cc4)cc23)CC1. The van der Waals surface area contributed by atoms with Crippen LogP contribution >= 0.6 is 23.2 Å². The van der Waals surface area contributed by atoms with Crippen LogP contribution in [-0.4, -0.2) is 45.7 Å². The van der Waals surface area contributed by atoms with Gasteiger partial charge >= 0.3 is 6.09 Å². The highest BCUT2D eigenvalue weighted by Gasteiger charge is 2.27. The molecule has 202 valence electrons. The van der Waals surface area contributed by atoms with Crippen LogP contribution in [0.25, 0.3) is 10.9 Å². The average molecular weight is 564 g/mol. The normalized spacial score (nSPS) is 14.6. The Hall–Kier alpha value is -3.35. The van der Waals surface area contributed by atoms with Crippen molar-refractivity contribution in [1.29, 1.82) is 0 Å². The third-order valence-electron chi connectivity index (χ3n) is 6.89. The first-order chi connectivity index (χ1) is 18.7. The van der Waals surface area contributed by atoms with Crippen molar-refractivity contribution in [1.82, 2.24) is 14.9 Å². The van der Waals surface area contributed by atoms with E-state index in [0.29, 0.717) is 23.1 Å². The zero-order chi connectivity index (χ0) is 27.6. The molecule has 6 nitrogen and oxygen atoms in total. The second-order valence-electron chi connectivity index (χ2n) is 10.9. The summed E-state index contributed by atoms with van der Waals surface area (Å²) < 4.78 is 5.54. The van der Waals surface area contributed by atoms with Crippen LogP contribution in [0.3, 0.4) is 0 Å². The summed E-state index contributed by atoms with van der Waals surface area (Å²) in [5.74, 6) is 0.776. The van der Waals surface area contributed by atoms with E-state index < -0.39 is 5.60 Å². The summed E-state index contributed by atoms with van der Waals surface area (Å²) in [6, 6.07) is 22.4. The molecule has 0 unspecified atom stereocenters. The molecule has 1 aliphatic heterocycles. The second kappa shape index (κ2) is 11.4. The molecule has 0 aliphatic carbocycles. The molecular weight excluding hydrogens is 531 g/mol. The average Bonchev–Trinajstić information content (AvgIpc) is 2.91. The Kier molecular flexibility index (Phi) is 7.96. The monoisotopic (exact) mass is 562 g/mol. The largest absolute Gasteiger partial charge is 0.444 e. The maximum Gasteiger partial charge on any atom is 0.410 e. The molecule has 8 heteroatoms. The molecule has 0 atom stereocenters. The summed E-state index contributed by atoms with van der Waals surface area (Å²) in [7, 11) is 0. The van der Waals surface area contributed by atoms with E-state index in [9.17, 15) is 4.79 Å². The van der Waals surface area contributed by atoms with Crippen LogP contribution in [0.1, 0.15) is 56.2 Å². The Morgan fingerprint density at radius 2 is 1.46 bits per heavy atom. The van der Waals surface area contributed by atoms with E-state index in [1.165, 1.54) is 0 Å². The molecule has 0 spiro atoms. The number of aromatic nitrogens is 2. The van der Waals surface area contributed by atoms with Crippen molar-refractivity contribution < 1.29 is 9.53 Å². The number of nitrogens with one attached hydrogen (secondary N) is 1. The summed E-state index contributed by atoms with van der Waals surface area (Å²) in [6.45, 7) is 6.93. The highest BCUT2D eigenvalue weighted by atomic mass is 35.5. The van der Waals surface area contributed by atoms with Crippen molar-refractivity contribution in [3.05, 3.63) is 99.8 Å². The third-order valence-corrected chi connectivity index (χ3v) is 7.39. The third kappa shape index (κ3) is 6.63. The van der Waals surface area contributed by atoms with E-state index in [2.05, 4.69) is 51.7 Å². The van der Waals surface area contributed by atoms with Crippen LogP contribution in [0.4, 0.5) is 10.6 Å². The summed E-state index contributed by atoms with van der Waals surface area (Å²) in [4.78, 5) is 23.4. The molecule has 3 aromatic carbocycles. The maximum absolute atomic E-state index is 12.5. The van der Waals surface area contributed by atoms with Crippen LogP contribution in [0.2, 0.25) is 10.0 Å². The molecule has 0 radical (unpaired) electrons. The van der Waals surface area contributed by atoms with Crippen molar-refractivity contribution in [2.75, 3.05) is 18.4 Å². The fourth-order valence-electron chi connectivity index (χ4n) is 4.98. The zero-order valence-corrected chi connectivity index (χ0v) is 23.8. The number of amides is 1. The number of nitrogens with zero attached hydrogens (tertiary/aromatic N) is 3. The summed E-state index contributed by atoms with van der Waals surface area (Å²) in [6.07, 6.45) is 2.95. The summed E-state index contributed by atoms with van der Waals surface area (Å²) >= 11 is 12.4. The fraction of sp³-hybridized carbons (Fsp3) is 0.323. The predicted octanol–water partition coefficient (Wildman–Crippen LogP) is 7.93. The fourth-order valence-corrected chi connectivity index (χ4v) is 5.23. The van der Waals surface area contributed by atoms with Crippen molar-refractivity contribution in [2.24, 2.45) is 0 Å². The molecular formula is C31H32Cl2N4O2. The van der Waals surface area contributed by atoms with Crippen LogP contribution in [0.15, 0.2) is 73.1 Å². The number of likely N-dealkylation sites (tertiary alicyclic amines) is 1. The number of piperidine rings is 1. The lowest BCUT2D eigenvalue weighted by atomic mass is 9.84. The molecule has 1 fully saturated rings. The Labute approximate surface area is 239 Å². The Morgan fingerprint density at radius 1 is 0.897 bits per heavy atom. The van der Waals surface area contributed by atoms with Crippen molar-refractivity contribution in [3.8, 4) is 0 Å². The number of halogens is 2. The molecule has 1 saturated heterocycles. The minimum Gasteiger partial charge on any atom is -0.444 e. The minimum atomic E-state index is -0.500. The first kappa shape index (κ1) is 27.2. The predicted molar refractivity (Wildman–Crippen MR) is 158 cm³/mol. The van der Waals surface area contributed by atoms with Crippen LogP contribution < -0.4 is 5.32 Å². The molecule has 0 bridgehead atoms. The first-order valence-corrected chi connectivity index (χ1v) is 13.9. The number of carbonyl (C=O) groups is 1. The van der Waals surface area contributed by atoms with E-state index >= 15 is 0 Å². The highest BCUT2D eigenvalue weighted by molar-refractivity contribution is 6.30. The van der Waals surface area contributed by atoms with Gasteiger partial charge in [-0.3, -0.25) is 0 Å². The number of hydrogen-bond donors (Lipinski definition) is 1. The molecule has 2 heterocycles. The van der Waals surface area contributed by atoms with Gasteiger partial charge in [-0.05, 0) is 86.7 Å². The summed E-state index contributed by atoms with van der Waals surface area (Å²) in [5, 5.41) is 5.98. The number of ether oxygens (including phenoxy) is 1. The molecule has 1 N–H and O–H groups in total. The van der Waals surface area contributed by atoms with Gasteiger partial charge < -0.3 is 15.0 Å². The minimum absolute atomic E-state index is 0.0194. The van der Waals surface area contributed by atoms with Gasteiger partial charge in [-0.15, -0.1) is 0 Å².